The van der Waals surface area contributed by atoms with Gasteiger partial charge in [-0.05, 0) is 24.6 Å². The predicted octanol–water partition coefficient (Wildman–Crippen LogP) is 1.89. The topological polar surface area (TPSA) is 42.0 Å². The quantitative estimate of drug-likeness (QED) is 0.775. The summed E-state index contributed by atoms with van der Waals surface area (Å²) in [6.45, 7) is 1.93. The van der Waals surface area contributed by atoms with E-state index in [2.05, 4.69) is 10.3 Å². The molecule has 1 aromatic rings. The van der Waals surface area contributed by atoms with Crippen molar-refractivity contribution in [3.8, 4) is 0 Å². The number of hydrogen-bond acceptors (Lipinski definition) is 2. The maximum Gasteiger partial charge on any atom is 0.221 e. The number of rotatable bonds is 4. The summed E-state index contributed by atoms with van der Waals surface area (Å²) >= 11 is 5.46. The highest BCUT2D eigenvalue weighted by Crippen LogP contribution is 2.09. The minimum atomic E-state index is -0.0238. The van der Waals surface area contributed by atoms with Crippen LogP contribution in [-0.2, 0) is 4.79 Å². The van der Waals surface area contributed by atoms with Crippen LogP contribution in [0.4, 0.5) is 0 Å². The second-order valence-electron chi connectivity index (χ2n) is 3.01. The molecular formula is C10H13ClN2O. The van der Waals surface area contributed by atoms with Crippen LogP contribution in [0.5, 0.6) is 0 Å². The van der Waals surface area contributed by atoms with E-state index in [1.54, 1.807) is 12.4 Å². The first kappa shape index (κ1) is 11.0. The van der Waals surface area contributed by atoms with Crippen molar-refractivity contribution < 1.29 is 4.79 Å². The fraction of sp³-hybridized carbons (Fsp3) is 0.400. The molecule has 76 valence electrons. The van der Waals surface area contributed by atoms with Gasteiger partial charge in [-0.15, -0.1) is 11.6 Å². The summed E-state index contributed by atoms with van der Waals surface area (Å²) in [5.74, 6) is 0.332. The maximum absolute atomic E-state index is 11.2. The Balaban J connectivity index is 2.50. The Morgan fingerprint density at radius 2 is 2.21 bits per heavy atom. The summed E-state index contributed by atoms with van der Waals surface area (Å²) in [6.07, 6.45) is 3.77. The fourth-order valence-electron chi connectivity index (χ4n) is 1.13. The minimum Gasteiger partial charge on any atom is -0.350 e. The van der Waals surface area contributed by atoms with E-state index < -0.39 is 0 Å². The number of carbonyl (C=O) groups is 1. The van der Waals surface area contributed by atoms with E-state index in [1.807, 2.05) is 19.1 Å². The second kappa shape index (κ2) is 5.60. The number of amides is 1. The average molecular weight is 213 g/mol. The Morgan fingerprint density at radius 1 is 1.57 bits per heavy atom. The number of pyridine rings is 1. The third-order valence-corrected chi connectivity index (χ3v) is 2.09. The molecule has 1 heterocycles. The van der Waals surface area contributed by atoms with Crippen LogP contribution >= 0.6 is 11.6 Å². The molecule has 1 rings (SSSR count). The molecule has 14 heavy (non-hydrogen) atoms. The van der Waals surface area contributed by atoms with Gasteiger partial charge in [0.15, 0.2) is 0 Å². The van der Waals surface area contributed by atoms with Crippen LogP contribution in [0, 0.1) is 0 Å². The molecule has 3 nitrogen and oxygen atoms in total. The molecule has 1 atom stereocenters. The lowest BCUT2D eigenvalue weighted by Crippen LogP contribution is -2.26. The van der Waals surface area contributed by atoms with E-state index in [1.165, 1.54) is 0 Å². The van der Waals surface area contributed by atoms with Gasteiger partial charge in [0.2, 0.25) is 5.91 Å². The first-order valence-corrected chi connectivity index (χ1v) is 5.02. The van der Waals surface area contributed by atoms with Gasteiger partial charge in [0.1, 0.15) is 0 Å². The van der Waals surface area contributed by atoms with Crippen LogP contribution < -0.4 is 5.32 Å². The molecule has 0 aromatic carbocycles. The number of nitrogens with zero attached hydrogens (tertiary/aromatic N) is 1. The lowest BCUT2D eigenvalue weighted by atomic mass is 10.1. The van der Waals surface area contributed by atoms with E-state index in [0.29, 0.717) is 12.3 Å². The molecule has 0 fully saturated rings. The van der Waals surface area contributed by atoms with Crippen LogP contribution in [0.3, 0.4) is 0 Å². The highest BCUT2D eigenvalue weighted by molar-refractivity contribution is 6.18. The molecule has 0 aliphatic carbocycles. The van der Waals surface area contributed by atoms with Crippen LogP contribution in [0.1, 0.15) is 24.9 Å². The Morgan fingerprint density at radius 3 is 2.79 bits per heavy atom. The summed E-state index contributed by atoms with van der Waals surface area (Å²) in [5.41, 5.74) is 1.04. The highest BCUT2D eigenvalue weighted by Gasteiger charge is 2.07. The lowest BCUT2D eigenvalue weighted by molar-refractivity contribution is -0.121. The van der Waals surface area contributed by atoms with E-state index in [0.717, 1.165) is 5.56 Å². The van der Waals surface area contributed by atoms with Gasteiger partial charge in [0.05, 0.1) is 6.04 Å². The van der Waals surface area contributed by atoms with Crippen LogP contribution in [0.15, 0.2) is 24.5 Å². The molecule has 0 saturated carbocycles. The number of hydrogen-bond donors (Lipinski definition) is 1. The molecule has 1 N–H and O–H groups in total. The van der Waals surface area contributed by atoms with Gasteiger partial charge >= 0.3 is 0 Å². The van der Waals surface area contributed by atoms with Gasteiger partial charge in [-0.1, -0.05) is 0 Å². The van der Waals surface area contributed by atoms with Crippen molar-refractivity contribution in [2.45, 2.75) is 19.4 Å². The first-order chi connectivity index (χ1) is 6.74. The Labute approximate surface area is 88.5 Å². The molecule has 1 aromatic heterocycles. The molecule has 0 aliphatic rings. The molecule has 0 radical (unpaired) electrons. The summed E-state index contributed by atoms with van der Waals surface area (Å²) in [5, 5.41) is 2.85. The van der Waals surface area contributed by atoms with E-state index in [4.69, 9.17) is 11.6 Å². The van der Waals surface area contributed by atoms with E-state index >= 15 is 0 Å². The zero-order valence-corrected chi connectivity index (χ0v) is 8.79. The van der Waals surface area contributed by atoms with E-state index in [9.17, 15) is 4.79 Å². The van der Waals surface area contributed by atoms with Gasteiger partial charge < -0.3 is 5.32 Å². The molecule has 0 saturated heterocycles. The molecule has 1 amide bonds. The SMILES string of the molecule is C[C@@H](NC(=O)CCCl)c1ccncc1. The van der Waals surface area contributed by atoms with Crippen molar-refractivity contribution >= 4 is 17.5 Å². The van der Waals surface area contributed by atoms with Crippen LogP contribution in [-0.4, -0.2) is 16.8 Å². The van der Waals surface area contributed by atoms with Crippen molar-refractivity contribution in [1.29, 1.82) is 0 Å². The van der Waals surface area contributed by atoms with Gasteiger partial charge in [0.25, 0.3) is 0 Å². The monoisotopic (exact) mass is 212 g/mol. The zero-order chi connectivity index (χ0) is 10.4. The summed E-state index contributed by atoms with van der Waals surface area (Å²) in [7, 11) is 0. The third-order valence-electron chi connectivity index (χ3n) is 1.91. The second-order valence-corrected chi connectivity index (χ2v) is 3.39. The third kappa shape index (κ3) is 3.34. The summed E-state index contributed by atoms with van der Waals surface area (Å²) in [6, 6.07) is 3.77. The number of aromatic nitrogens is 1. The highest BCUT2D eigenvalue weighted by atomic mass is 35.5. The van der Waals surface area contributed by atoms with Gasteiger partial charge in [-0.3, -0.25) is 9.78 Å². The molecule has 0 unspecified atom stereocenters. The number of alkyl halides is 1. The fourth-order valence-corrected chi connectivity index (χ4v) is 1.31. The zero-order valence-electron chi connectivity index (χ0n) is 8.03. The molecule has 0 bridgehead atoms. The van der Waals surface area contributed by atoms with Crippen molar-refractivity contribution in [2.75, 3.05) is 5.88 Å². The van der Waals surface area contributed by atoms with Crippen molar-refractivity contribution in [2.24, 2.45) is 0 Å². The lowest BCUT2D eigenvalue weighted by Gasteiger charge is -2.13. The summed E-state index contributed by atoms with van der Waals surface area (Å²) < 4.78 is 0. The molecule has 0 spiro atoms. The Kier molecular flexibility index (Phi) is 4.40. The van der Waals surface area contributed by atoms with Crippen LogP contribution in [0.25, 0.3) is 0 Å². The normalized spacial score (nSPS) is 12.1. The largest absolute Gasteiger partial charge is 0.350 e. The average Bonchev–Trinajstić information content (AvgIpc) is 2.19. The minimum absolute atomic E-state index is 0.00807. The molecule has 0 aliphatic heterocycles. The molecular weight excluding hydrogens is 200 g/mol. The first-order valence-electron chi connectivity index (χ1n) is 4.49. The maximum atomic E-state index is 11.2. The molecule has 4 heteroatoms. The Hall–Kier alpha value is -1.09. The van der Waals surface area contributed by atoms with Gasteiger partial charge in [0, 0.05) is 24.7 Å². The number of carbonyl (C=O) groups excluding carboxylic acids is 1. The van der Waals surface area contributed by atoms with Crippen LogP contribution in [0.2, 0.25) is 0 Å². The van der Waals surface area contributed by atoms with Gasteiger partial charge in [-0.2, -0.15) is 0 Å². The number of nitrogens with one attached hydrogen (secondary N) is 1. The Bertz CT molecular complexity index is 289. The van der Waals surface area contributed by atoms with Crippen molar-refractivity contribution in [3.05, 3.63) is 30.1 Å². The summed E-state index contributed by atoms with van der Waals surface area (Å²) in [4.78, 5) is 15.1. The standard InChI is InChI=1S/C10H13ClN2O/c1-8(13-10(14)2-5-11)9-3-6-12-7-4-9/h3-4,6-8H,2,5H2,1H3,(H,13,14)/t8-/m1/s1. The predicted molar refractivity (Wildman–Crippen MR) is 56.1 cm³/mol. The van der Waals surface area contributed by atoms with Gasteiger partial charge in [-0.25, -0.2) is 0 Å². The van der Waals surface area contributed by atoms with Crippen molar-refractivity contribution in [3.63, 3.8) is 0 Å². The smallest absolute Gasteiger partial charge is 0.221 e. The number of halogens is 1. The van der Waals surface area contributed by atoms with Crippen molar-refractivity contribution in [1.82, 2.24) is 10.3 Å². The van der Waals surface area contributed by atoms with E-state index in [-0.39, 0.29) is 11.9 Å².